The van der Waals surface area contributed by atoms with Crippen molar-refractivity contribution in [2.45, 2.75) is 27.3 Å². The number of benzene rings is 1. The summed E-state index contributed by atoms with van der Waals surface area (Å²) in [5.74, 6) is -0.930. The third-order valence-corrected chi connectivity index (χ3v) is 5.10. The van der Waals surface area contributed by atoms with Crippen LogP contribution in [-0.4, -0.2) is 16.2 Å². The summed E-state index contributed by atoms with van der Waals surface area (Å²) in [6.07, 6.45) is 1.64. The van der Waals surface area contributed by atoms with Gasteiger partial charge in [0, 0.05) is 30.1 Å². The van der Waals surface area contributed by atoms with Crippen LogP contribution < -0.4 is 10.9 Å². The molecule has 0 saturated heterocycles. The lowest BCUT2D eigenvalue weighted by Crippen LogP contribution is -2.23. The average Bonchev–Trinajstić information content (AvgIpc) is 2.72. The first kappa shape index (κ1) is 22.5. The van der Waals surface area contributed by atoms with Crippen LogP contribution in [0.3, 0.4) is 0 Å². The Hall–Kier alpha value is -3.19. The van der Waals surface area contributed by atoms with E-state index in [-0.39, 0.29) is 17.1 Å². The summed E-state index contributed by atoms with van der Waals surface area (Å²) in [4.78, 5) is 17.4. The van der Waals surface area contributed by atoms with Crippen molar-refractivity contribution < 1.29 is 13.5 Å². The predicted molar refractivity (Wildman–Crippen MR) is 119 cm³/mol. The highest BCUT2D eigenvalue weighted by atomic mass is 35.5. The molecule has 0 aliphatic carbocycles. The van der Waals surface area contributed by atoms with Gasteiger partial charge in [-0.05, 0) is 44.5 Å². The lowest BCUT2D eigenvalue weighted by Gasteiger charge is -2.17. The van der Waals surface area contributed by atoms with Crippen LogP contribution in [0, 0.1) is 25.5 Å². The van der Waals surface area contributed by atoms with Crippen LogP contribution in [-0.2, 0) is 11.3 Å². The number of hydrogen-bond donors (Lipinski definition) is 1. The second-order valence-corrected chi connectivity index (χ2v) is 7.33. The second-order valence-electron chi connectivity index (χ2n) is 6.96. The van der Waals surface area contributed by atoms with Crippen LogP contribution in [0.25, 0.3) is 11.4 Å². The third kappa shape index (κ3) is 4.77. The fourth-order valence-corrected chi connectivity index (χ4v) is 3.35. The van der Waals surface area contributed by atoms with Gasteiger partial charge in [-0.2, -0.15) is 0 Å². The highest BCUT2D eigenvalue weighted by Crippen LogP contribution is 2.25. The largest absolute Gasteiger partial charge is 0.492 e. The number of aryl methyl sites for hydroxylation is 2. The molecular weight excluding hydrogens is 424 g/mol. The van der Waals surface area contributed by atoms with E-state index >= 15 is 0 Å². The van der Waals surface area contributed by atoms with E-state index in [9.17, 15) is 13.6 Å². The van der Waals surface area contributed by atoms with Crippen molar-refractivity contribution in [3.8, 4) is 5.69 Å². The number of halogens is 3. The summed E-state index contributed by atoms with van der Waals surface area (Å²) in [5.41, 5.74) is 2.66. The second kappa shape index (κ2) is 9.31. The van der Waals surface area contributed by atoms with E-state index in [0.29, 0.717) is 35.1 Å². The number of hydrogen-bond acceptors (Lipinski definition) is 4. The van der Waals surface area contributed by atoms with Crippen molar-refractivity contribution in [1.29, 1.82) is 0 Å². The molecule has 5 nitrogen and oxygen atoms in total. The maximum atomic E-state index is 13.9. The zero-order valence-electron chi connectivity index (χ0n) is 17.4. The van der Waals surface area contributed by atoms with Gasteiger partial charge < -0.3 is 10.1 Å². The van der Waals surface area contributed by atoms with Gasteiger partial charge in [0.05, 0.1) is 18.0 Å². The number of pyridine rings is 2. The molecule has 1 N–H and O–H groups in total. The van der Waals surface area contributed by atoms with E-state index < -0.39 is 17.2 Å². The molecule has 0 radical (unpaired) electrons. The maximum Gasteiger partial charge on any atom is 0.276 e. The van der Waals surface area contributed by atoms with E-state index in [1.165, 1.54) is 16.7 Å². The van der Waals surface area contributed by atoms with E-state index in [1.54, 1.807) is 25.3 Å². The minimum absolute atomic E-state index is 0.0430. The first-order valence-corrected chi connectivity index (χ1v) is 9.99. The Morgan fingerprint density at radius 1 is 1.26 bits per heavy atom. The summed E-state index contributed by atoms with van der Waals surface area (Å²) in [6.45, 7) is 9.79. The van der Waals surface area contributed by atoms with Crippen LogP contribution in [0.15, 0.2) is 47.9 Å². The molecule has 8 heteroatoms. The minimum Gasteiger partial charge on any atom is -0.492 e. The van der Waals surface area contributed by atoms with Crippen LogP contribution in [0.2, 0.25) is 5.02 Å². The van der Waals surface area contributed by atoms with Gasteiger partial charge in [-0.15, -0.1) is 0 Å². The molecule has 3 rings (SSSR count). The van der Waals surface area contributed by atoms with Gasteiger partial charge in [0.1, 0.15) is 28.1 Å². The quantitative estimate of drug-likeness (QED) is 0.495. The highest BCUT2D eigenvalue weighted by Gasteiger charge is 2.16. The Bertz CT molecular complexity index is 1210. The lowest BCUT2D eigenvalue weighted by molar-refractivity contribution is 0.298. The minimum atomic E-state index is -0.678. The molecule has 31 heavy (non-hydrogen) atoms. The van der Waals surface area contributed by atoms with Crippen molar-refractivity contribution in [1.82, 2.24) is 9.55 Å². The Kier molecular flexibility index (Phi) is 6.75. The average molecular weight is 446 g/mol. The van der Waals surface area contributed by atoms with Crippen molar-refractivity contribution in [2.75, 3.05) is 11.9 Å². The summed E-state index contributed by atoms with van der Waals surface area (Å²) >= 11 is 6.35. The van der Waals surface area contributed by atoms with Crippen LogP contribution in [0.1, 0.15) is 29.4 Å². The molecule has 2 heterocycles. The zero-order valence-corrected chi connectivity index (χ0v) is 18.2. The first-order valence-electron chi connectivity index (χ1n) is 9.62. The Morgan fingerprint density at radius 3 is 2.68 bits per heavy atom. The third-order valence-electron chi connectivity index (χ3n) is 4.74. The summed E-state index contributed by atoms with van der Waals surface area (Å²) in [5, 5.41) is 2.91. The van der Waals surface area contributed by atoms with Gasteiger partial charge in [-0.3, -0.25) is 14.3 Å². The van der Waals surface area contributed by atoms with Gasteiger partial charge in [0.2, 0.25) is 0 Å². The van der Waals surface area contributed by atoms with E-state index in [0.717, 1.165) is 11.6 Å². The highest BCUT2D eigenvalue weighted by molar-refractivity contribution is 6.33. The molecular formula is C23H22ClF2N3O2. The molecule has 0 unspecified atom stereocenters. The summed E-state index contributed by atoms with van der Waals surface area (Å²) < 4.78 is 33.9. The van der Waals surface area contributed by atoms with Crippen LogP contribution in [0.5, 0.6) is 0 Å². The number of nitrogens with zero attached hydrogens (tertiary/aromatic N) is 2. The predicted octanol–water partition coefficient (Wildman–Crippen LogP) is 5.40. The molecule has 0 aliphatic heterocycles. The van der Waals surface area contributed by atoms with E-state index in [1.807, 2.05) is 13.8 Å². The fraction of sp³-hybridized carbons (Fsp3) is 0.217. The standard InChI is InChI=1S/C23H22ClF2N3O2/c1-5-31-15(4)19-10-21(13(2)11-27-19)29-14(3)8-20(22(24)23(29)30)28-12-16-6-7-17(25)9-18(16)26/h6-11,28H,4-5,12H2,1-3H3. The van der Waals surface area contributed by atoms with Gasteiger partial charge in [0.25, 0.3) is 5.56 Å². The fourth-order valence-electron chi connectivity index (χ4n) is 3.15. The molecule has 3 aromatic rings. The number of nitrogens with one attached hydrogen (secondary N) is 1. The van der Waals surface area contributed by atoms with Crippen molar-refractivity contribution in [3.05, 3.63) is 92.6 Å². The normalized spacial score (nSPS) is 10.8. The maximum absolute atomic E-state index is 13.9. The van der Waals surface area contributed by atoms with Gasteiger partial charge in [-0.1, -0.05) is 24.2 Å². The number of aromatic nitrogens is 2. The molecule has 0 bridgehead atoms. The van der Waals surface area contributed by atoms with E-state index in [4.69, 9.17) is 16.3 Å². The number of rotatable bonds is 7. The van der Waals surface area contributed by atoms with Crippen LogP contribution in [0.4, 0.5) is 14.5 Å². The van der Waals surface area contributed by atoms with Gasteiger partial charge in [-0.25, -0.2) is 8.78 Å². The summed E-state index contributed by atoms with van der Waals surface area (Å²) in [7, 11) is 0. The van der Waals surface area contributed by atoms with Gasteiger partial charge in [0.15, 0.2) is 0 Å². The molecule has 0 spiro atoms. The first-order chi connectivity index (χ1) is 14.7. The van der Waals surface area contributed by atoms with Gasteiger partial charge >= 0.3 is 0 Å². The lowest BCUT2D eigenvalue weighted by atomic mass is 10.1. The Labute approximate surface area is 184 Å². The molecule has 0 fully saturated rings. The molecule has 162 valence electrons. The van der Waals surface area contributed by atoms with Crippen molar-refractivity contribution >= 4 is 23.0 Å². The SMILES string of the molecule is C=C(OCC)c1cc(-n2c(C)cc(NCc3ccc(F)cc3F)c(Cl)c2=O)c(C)cn1. The monoisotopic (exact) mass is 445 g/mol. The summed E-state index contributed by atoms with van der Waals surface area (Å²) in [6, 6.07) is 6.74. The van der Waals surface area contributed by atoms with Crippen molar-refractivity contribution in [3.63, 3.8) is 0 Å². The van der Waals surface area contributed by atoms with Crippen molar-refractivity contribution in [2.24, 2.45) is 0 Å². The zero-order chi connectivity index (χ0) is 22.7. The molecule has 1 aromatic carbocycles. The number of anilines is 1. The number of ether oxygens (including phenoxy) is 1. The molecule has 0 amide bonds. The molecule has 0 aliphatic rings. The topological polar surface area (TPSA) is 56.1 Å². The molecule has 0 atom stereocenters. The van der Waals surface area contributed by atoms with Crippen LogP contribution >= 0.6 is 11.6 Å². The Balaban J connectivity index is 1.98. The Morgan fingerprint density at radius 2 is 2.00 bits per heavy atom. The smallest absolute Gasteiger partial charge is 0.276 e. The van der Waals surface area contributed by atoms with E-state index in [2.05, 4.69) is 16.9 Å². The molecule has 0 saturated carbocycles. The molecule has 2 aromatic heterocycles.